The third kappa shape index (κ3) is 6.61. The van der Waals surface area contributed by atoms with Crippen LogP contribution in [0.3, 0.4) is 0 Å². The maximum atomic E-state index is 13.0. The van der Waals surface area contributed by atoms with Gasteiger partial charge in [-0.1, -0.05) is 35.3 Å². The second-order valence-electron chi connectivity index (χ2n) is 6.52. The second kappa shape index (κ2) is 10.6. The Balaban J connectivity index is 2.20. The first-order valence-electron chi connectivity index (χ1n) is 8.99. The van der Waals surface area contributed by atoms with Crippen molar-refractivity contribution in [2.24, 2.45) is 0 Å². The van der Waals surface area contributed by atoms with Crippen molar-refractivity contribution in [2.45, 2.75) is 30.1 Å². The molecule has 0 aliphatic rings. The van der Waals surface area contributed by atoms with E-state index in [1.807, 2.05) is 0 Å². The number of alkyl halides is 3. The van der Waals surface area contributed by atoms with Crippen molar-refractivity contribution in [1.29, 1.82) is 0 Å². The minimum atomic E-state index is -4.66. The molecule has 0 spiro atoms. The van der Waals surface area contributed by atoms with E-state index in [0.717, 1.165) is 18.2 Å². The van der Waals surface area contributed by atoms with Crippen molar-refractivity contribution in [3.05, 3.63) is 70.2 Å². The lowest BCUT2D eigenvalue weighted by Gasteiger charge is -2.19. The van der Waals surface area contributed by atoms with Crippen LogP contribution in [0.4, 0.5) is 13.2 Å². The average Bonchev–Trinajstić information content (AvgIpc) is 2.71. The van der Waals surface area contributed by atoms with Crippen LogP contribution >= 0.6 is 23.2 Å². The Labute approximate surface area is 193 Å². The lowest BCUT2D eigenvalue weighted by atomic mass is 10.1. The van der Waals surface area contributed by atoms with Gasteiger partial charge in [-0.15, -0.1) is 6.58 Å². The molecule has 1 atom stereocenters. The number of benzene rings is 2. The molecular weight excluding hydrogens is 492 g/mol. The van der Waals surface area contributed by atoms with Crippen LogP contribution < -0.4 is 14.8 Å². The van der Waals surface area contributed by atoms with Crippen molar-refractivity contribution >= 4 is 39.1 Å². The second-order valence-corrected chi connectivity index (χ2v) is 9.05. The van der Waals surface area contributed by atoms with Gasteiger partial charge in [-0.2, -0.15) is 17.9 Å². The van der Waals surface area contributed by atoms with Gasteiger partial charge in [-0.25, -0.2) is 8.42 Å². The number of ether oxygens (including phenoxy) is 1. The van der Waals surface area contributed by atoms with Gasteiger partial charge >= 0.3 is 6.18 Å². The molecule has 32 heavy (non-hydrogen) atoms. The van der Waals surface area contributed by atoms with Crippen molar-refractivity contribution in [3.8, 4) is 5.75 Å². The highest BCUT2D eigenvalue weighted by molar-refractivity contribution is 7.89. The summed E-state index contributed by atoms with van der Waals surface area (Å²) < 4.78 is 72.0. The first-order chi connectivity index (χ1) is 14.9. The summed E-state index contributed by atoms with van der Waals surface area (Å²) in [5.74, 6) is -0.751. The first kappa shape index (κ1) is 26.0. The summed E-state index contributed by atoms with van der Waals surface area (Å²) in [6.45, 7) is 3.22. The molecule has 0 aliphatic heterocycles. The van der Waals surface area contributed by atoms with Crippen LogP contribution in [0.1, 0.15) is 17.5 Å². The van der Waals surface area contributed by atoms with E-state index >= 15 is 0 Å². The van der Waals surface area contributed by atoms with Gasteiger partial charge in [0, 0.05) is 11.6 Å². The van der Waals surface area contributed by atoms with Crippen molar-refractivity contribution in [1.82, 2.24) is 10.0 Å². The Kier molecular flexibility index (Phi) is 8.58. The molecule has 0 bridgehead atoms. The van der Waals surface area contributed by atoms with Gasteiger partial charge in [-0.3, -0.25) is 4.79 Å². The summed E-state index contributed by atoms with van der Waals surface area (Å²) in [6, 6.07) is 5.88. The molecular formula is C20H19Cl2F3N2O4S. The molecule has 0 fully saturated rings. The van der Waals surface area contributed by atoms with Gasteiger partial charge in [0.2, 0.25) is 15.9 Å². The molecule has 1 unspecified atom stereocenters. The molecule has 0 heterocycles. The molecule has 0 aromatic heterocycles. The first-order valence-corrected chi connectivity index (χ1v) is 11.2. The highest BCUT2D eigenvalue weighted by Gasteiger charge is 2.33. The summed E-state index contributed by atoms with van der Waals surface area (Å²) in [5, 5.41) is 2.08. The van der Waals surface area contributed by atoms with Crippen LogP contribution in [0, 0.1) is 0 Å². The monoisotopic (exact) mass is 510 g/mol. The van der Waals surface area contributed by atoms with Crippen molar-refractivity contribution < 1.29 is 31.1 Å². The molecule has 2 aromatic carbocycles. The van der Waals surface area contributed by atoms with Crippen LogP contribution in [0.15, 0.2) is 53.9 Å². The Morgan fingerprint density at radius 2 is 1.91 bits per heavy atom. The number of nitrogens with one attached hydrogen (secondary N) is 2. The van der Waals surface area contributed by atoms with E-state index in [9.17, 15) is 26.4 Å². The highest BCUT2D eigenvalue weighted by atomic mass is 35.5. The van der Waals surface area contributed by atoms with Crippen LogP contribution in [0.2, 0.25) is 10.0 Å². The Hall–Kier alpha value is -2.27. The predicted molar refractivity (Wildman–Crippen MR) is 115 cm³/mol. The fourth-order valence-electron chi connectivity index (χ4n) is 2.70. The van der Waals surface area contributed by atoms with E-state index in [1.165, 1.54) is 31.4 Å². The minimum Gasteiger partial charge on any atom is -0.495 e. The maximum absolute atomic E-state index is 13.0. The molecule has 0 saturated carbocycles. The van der Waals surface area contributed by atoms with E-state index in [1.54, 1.807) is 0 Å². The van der Waals surface area contributed by atoms with E-state index < -0.39 is 38.7 Å². The summed E-state index contributed by atoms with van der Waals surface area (Å²) >= 11 is 11.5. The largest absolute Gasteiger partial charge is 0.495 e. The third-order valence-corrected chi connectivity index (χ3v) is 6.29. The Morgan fingerprint density at radius 3 is 2.50 bits per heavy atom. The molecule has 0 radical (unpaired) electrons. The number of carbonyl (C=O) groups excluding carboxylic acids is 1. The number of amides is 1. The molecule has 12 heteroatoms. The van der Waals surface area contributed by atoms with E-state index in [4.69, 9.17) is 27.9 Å². The molecule has 6 nitrogen and oxygen atoms in total. The third-order valence-electron chi connectivity index (χ3n) is 4.23. The summed E-state index contributed by atoms with van der Waals surface area (Å²) in [6.07, 6.45) is -3.41. The lowest BCUT2D eigenvalue weighted by molar-refractivity contribution is -0.137. The average molecular weight is 511 g/mol. The standard InChI is InChI=1S/C20H19Cl2F3N2O4S/c1-3-4-16(27-32(29,30)18-10-13(21)6-8-17(18)31-2)19(28)26-11-12-5-7-15(22)14(9-12)20(23,24)25/h3,5-10,16,27H,1,4,11H2,2H3,(H,26,28). The molecule has 1 amide bonds. The van der Waals surface area contributed by atoms with Gasteiger partial charge in [0.25, 0.3) is 0 Å². The van der Waals surface area contributed by atoms with E-state index in [-0.39, 0.29) is 34.2 Å². The normalized spacial score (nSPS) is 12.8. The maximum Gasteiger partial charge on any atom is 0.417 e. The molecule has 2 N–H and O–H groups in total. The molecule has 2 aromatic rings. The van der Waals surface area contributed by atoms with Gasteiger partial charge in [0.05, 0.1) is 17.7 Å². The summed E-state index contributed by atoms with van der Waals surface area (Å²) in [4.78, 5) is 12.3. The number of hydrogen-bond acceptors (Lipinski definition) is 4. The number of hydrogen-bond donors (Lipinski definition) is 2. The SMILES string of the molecule is C=CCC(NS(=O)(=O)c1cc(Cl)ccc1OC)C(=O)NCc1ccc(Cl)c(C(F)(F)F)c1. The van der Waals surface area contributed by atoms with E-state index in [0.29, 0.717) is 0 Å². The van der Waals surface area contributed by atoms with Crippen LogP contribution in [-0.4, -0.2) is 27.5 Å². The van der Waals surface area contributed by atoms with Crippen molar-refractivity contribution in [2.75, 3.05) is 7.11 Å². The fraction of sp³-hybridized carbons (Fsp3) is 0.250. The lowest BCUT2D eigenvalue weighted by Crippen LogP contribution is -2.46. The van der Waals surface area contributed by atoms with Gasteiger partial charge in [0.15, 0.2) is 0 Å². The summed E-state index contributed by atoms with van der Waals surface area (Å²) in [5.41, 5.74) is -0.908. The molecule has 2 rings (SSSR count). The number of rotatable bonds is 9. The molecule has 0 saturated heterocycles. The van der Waals surface area contributed by atoms with Crippen LogP contribution in [0.5, 0.6) is 5.75 Å². The highest BCUT2D eigenvalue weighted by Crippen LogP contribution is 2.35. The summed E-state index contributed by atoms with van der Waals surface area (Å²) in [7, 11) is -2.97. The number of halogens is 5. The predicted octanol–water partition coefficient (Wildman–Crippen LogP) is 4.56. The number of carbonyl (C=O) groups is 1. The Bertz CT molecular complexity index is 1110. The Morgan fingerprint density at radius 1 is 1.22 bits per heavy atom. The smallest absolute Gasteiger partial charge is 0.417 e. The zero-order valence-corrected chi connectivity index (χ0v) is 19.0. The zero-order valence-electron chi connectivity index (χ0n) is 16.7. The molecule has 0 aliphatic carbocycles. The number of methoxy groups -OCH3 is 1. The van der Waals surface area contributed by atoms with E-state index in [2.05, 4.69) is 16.6 Å². The van der Waals surface area contributed by atoms with Crippen LogP contribution in [-0.2, 0) is 27.5 Å². The zero-order chi connectivity index (χ0) is 24.1. The topological polar surface area (TPSA) is 84.5 Å². The molecule has 174 valence electrons. The van der Waals surface area contributed by atoms with Gasteiger partial charge in [0.1, 0.15) is 16.7 Å². The van der Waals surface area contributed by atoms with Gasteiger partial charge < -0.3 is 10.1 Å². The minimum absolute atomic E-state index is 0.0144. The quantitative estimate of drug-likeness (QED) is 0.484. The number of sulfonamides is 1. The van der Waals surface area contributed by atoms with Crippen LogP contribution in [0.25, 0.3) is 0 Å². The fourth-order valence-corrected chi connectivity index (χ4v) is 4.56. The van der Waals surface area contributed by atoms with Crippen molar-refractivity contribution in [3.63, 3.8) is 0 Å². The van der Waals surface area contributed by atoms with Gasteiger partial charge in [-0.05, 0) is 42.3 Å².